The number of fused-ring (bicyclic) bond motifs is 1. The van der Waals surface area contributed by atoms with Gasteiger partial charge in [-0.1, -0.05) is 23.1 Å². The van der Waals surface area contributed by atoms with Crippen LogP contribution in [0.15, 0.2) is 27.2 Å². The molecule has 0 fully saturated rings. The number of furan rings is 1. The molecular formula is C19H18N4O5S3. The quantitative estimate of drug-likeness (QED) is 0.284. The maximum absolute atomic E-state index is 12.5. The number of carbonyl (C=O) groups is 3. The van der Waals surface area contributed by atoms with E-state index in [0.717, 1.165) is 41.0 Å². The minimum Gasteiger partial charge on any atom is -0.462 e. The molecule has 162 valence electrons. The van der Waals surface area contributed by atoms with Gasteiger partial charge in [0.15, 0.2) is 10.1 Å². The third-order valence-electron chi connectivity index (χ3n) is 4.35. The van der Waals surface area contributed by atoms with Gasteiger partial charge >= 0.3 is 5.97 Å². The number of hydrogen-bond acceptors (Lipinski definition) is 10. The van der Waals surface area contributed by atoms with Crippen molar-refractivity contribution >= 4 is 62.4 Å². The van der Waals surface area contributed by atoms with Crippen molar-refractivity contribution in [2.45, 2.75) is 30.5 Å². The Hall–Kier alpha value is -2.70. The zero-order valence-corrected chi connectivity index (χ0v) is 18.9. The maximum atomic E-state index is 12.5. The van der Waals surface area contributed by atoms with E-state index in [2.05, 4.69) is 20.8 Å². The zero-order valence-electron chi connectivity index (χ0n) is 16.4. The fourth-order valence-corrected chi connectivity index (χ4v) is 5.93. The smallest absolute Gasteiger partial charge is 0.341 e. The highest BCUT2D eigenvalue weighted by molar-refractivity contribution is 8.01. The number of rotatable bonds is 8. The van der Waals surface area contributed by atoms with E-state index in [4.69, 9.17) is 9.15 Å². The molecule has 1 aliphatic carbocycles. The van der Waals surface area contributed by atoms with E-state index in [9.17, 15) is 14.4 Å². The molecule has 0 saturated heterocycles. The fraction of sp³-hybridized carbons (Fsp3) is 0.316. The van der Waals surface area contributed by atoms with Crippen molar-refractivity contribution in [3.8, 4) is 0 Å². The number of aromatic nitrogens is 2. The van der Waals surface area contributed by atoms with Crippen molar-refractivity contribution in [2.75, 3.05) is 23.0 Å². The molecule has 0 unspecified atom stereocenters. The molecule has 2 amide bonds. The molecule has 0 aliphatic heterocycles. The summed E-state index contributed by atoms with van der Waals surface area (Å²) in [6.45, 7) is 2.04. The molecule has 0 aromatic carbocycles. The molecule has 0 spiro atoms. The average molecular weight is 479 g/mol. The molecule has 3 aromatic heterocycles. The summed E-state index contributed by atoms with van der Waals surface area (Å²) in [6.07, 6.45) is 4.15. The van der Waals surface area contributed by atoms with Gasteiger partial charge in [0.25, 0.3) is 5.91 Å². The SMILES string of the molecule is CCOC(=O)c1c(NC(=O)CSc2nnc(NC(=O)c3ccco3)s2)sc2c1CCC2. The van der Waals surface area contributed by atoms with Crippen LogP contribution in [0.2, 0.25) is 0 Å². The van der Waals surface area contributed by atoms with E-state index >= 15 is 0 Å². The van der Waals surface area contributed by atoms with Crippen LogP contribution >= 0.6 is 34.4 Å². The molecule has 0 bridgehead atoms. The Balaban J connectivity index is 1.35. The van der Waals surface area contributed by atoms with E-state index < -0.39 is 11.9 Å². The van der Waals surface area contributed by atoms with Gasteiger partial charge in [-0.25, -0.2) is 4.79 Å². The number of nitrogens with one attached hydrogen (secondary N) is 2. The van der Waals surface area contributed by atoms with Crippen LogP contribution in [-0.4, -0.2) is 40.3 Å². The highest BCUT2D eigenvalue weighted by Crippen LogP contribution is 2.39. The van der Waals surface area contributed by atoms with Crippen LogP contribution in [0.3, 0.4) is 0 Å². The standard InChI is InChI=1S/C19H18N4O5S3/c1-2-27-17(26)14-10-5-3-7-12(10)30-16(14)20-13(24)9-29-19-23-22-18(31-19)21-15(25)11-6-4-8-28-11/h4,6,8H,2-3,5,7,9H2,1H3,(H,20,24)(H,21,22,25). The van der Waals surface area contributed by atoms with Gasteiger partial charge in [-0.2, -0.15) is 0 Å². The second-order valence-electron chi connectivity index (χ2n) is 6.42. The number of thiophene rings is 1. The number of anilines is 2. The van der Waals surface area contributed by atoms with Crippen LogP contribution in [0, 0.1) is 0 Å². The lowest BCUT2D eigenvalue weighted by molar-refractivity contribution is -0.113. The first-order valence-electron chi connectivity index (χ1n) is 9.47. The normalized spacial score (nSPS) is 12.4. The molecule has 9 nitrogen and oxygen atoms in total. The Morgan fingerprint density at radius 3 is 2.87 bits per heavy atom. The average Bonchev–Trinajstić information content (AvgIpc) is 3.51. The molecule has 2 N–H and O–H groups in total. The van der Waals surface area contributed by atoms with Gasteiger partial charge in [-0.3, -0.25) is 14.9 Å². The van der Waals surface area contributed by atoms with E-state index in [1.165, 1.54) is 29.4 Å². The highest BCUT2D eigenvalue weighted by Gasteiger charge is 2.28. The molecule has 0 atom stereocenters. The third kappa shape index (κ3) is 4.97. The number of aryl methyl sites for hydroxylation is 1. The summed E-state index contributed by atoms with van der Waals surface area (Å²) >= 11 is 3.79. The molecule has 12 heteroatoms. The Kier molecular flexibility index (Phi) is 6.68. The summed E-state index contributed by atoms with van der Waals surface area (Å²) in [5.74, 6) is -0.819. The van der Waals surface area contributed by atoms with Crippen molar-refractivity contribution in [3.63, 3.8) is 0 Å². The molecule has 3 heterocycles. The van der Waals surface area contributed by atoms with E-state index in [-0.39, 0.29) is 24.0 Å². The first-order valence-corrected chi connectivity index (χ1v) is 12.1. The topological polar surface area (TPSA) is 123 Å². The van der Waals surface area contributed by atoms with Crippen LogP contribution in [0.1, 0.15) is 44.7 Å². The van der Waals surface area contributed by atoms with Gasteiger partial charge in [0, 0.05) is 4.88 Å². The van der Waals surface area contributed by atoms with Crippen molar-refractivity contribution in [1.82, 2.24) is 10.2 Å². The second kappa shape index (κ2) is 9.62. The molecule has 3 aromatic rings. The van der Waals surface area contributed by atoms with Gasteiger partial charge in [-0.05, 0) is 43.9 Å². The number of amides is 2. The minimum atomic E-state index is -0.423. The van der Waals surface area contributed by atoms with Gasteiger partial charge in [0.2, 0.25) is 11.0 Å². The summed E-state index contributed by atoms with van der Waals surface area (Å²) in [4.78, 5) is 38.0. The third-order valence-corrected chi connectivity index (χ3v) is 7.53. The number of hydrogen-bond donors (Lipinski definition) is 2. The molecule has 4 rings (SSSR count). The molecular weight excluding hydrogens is 460 g/mol. The molecule has 0 radical (unpaired) electrons. The summed E-state index contributed by atoms with van der Waals surface area (Å²) in [7, 11) is 0. The summed E-state index contributed by atoms with van der Waals surface area (Å²) in [5.41, 5.74) is 1.48. The first kappa shape index (κ1) is 21.5. The van der Waals surface area contributed by atoms with Gasteiger partial charge in [0.1, 0.15) is 5.00 Å². The first-order chi connectivity index (χ1) is 15.0. The van der Waals surface area contributed by atoms with E-state index in [1.807, 2.05) is 0 Å². The van der Waals surface area contributed by atoms with Crippen LogP contribution in [0.5, 0.6) is 0 Å². The van der Waals surface area contributed by atoms with Crippen molar-refractivity contribution < 1.29 is 23.5 Å². The summed E-state index contributed by atoms with van der Waals surface area (Å²) < 4.78 is 10.7. The Labute approximate surface area is 189 Å². The monoisotopic (exact) mass is 478 g/mol. The molecule has 0 saturated carbocycles. The predicted octanol–water partition coefficient (Wildman–Crippen LogP) is 3.84. The van der Waals surface area contributed by atoms with Crippen molar-refractivity contribution in [2.24, 2.45) is 0 Å². The predicted molar refractivity (Wildman–Crippen MR) is 118 cm³/mol. The van der Waals surface area contributed by atoms with Crippen LogP contribution < -0.4 is 10.6 Å². The number of ether oxygens (including phenoxy) is 1. The highest BCUT2D eigenvalue weighted by atomic mass is 32.2. The van der Waals surface area contributed by atoms with Gasteiger partial charge in [0.05, 0.1) is 24.2 Å². The number of esters is 1. The molecule has 31 heavy (non-hydrogen) atoms. The largest absolute Gasteiger partial charge is 0.462 e. The summed E-state index contributed by atoms with van der Waals surface area (Å²) in [6, 6.07) is 3.16. The van der Waals surface area contributed by atoms with Crippen LogP contribution in [-0.2, 0) is 22.4 Å². The number of thioether (sulfide) groups is 1. The van der Waals surface area contributed by atoms with E-state index in [0.29, 0.717) is 20.0 Å². The Bertz CT molecular complexity index is 1110. The number of carbonyl (C=O) groups excluding carboxylic acids is 3. The van der Waals surface area contributed by atoms with Crippen LogP contribution in [0.25, 0.3) is 0 Å². The summed E-state index contributed by atoms with van der Waals surface area (Å²) in [5, 5.41) is 14.2. The maximum Gasteiger partial charge on any atom is 0.341 e. The van der Waals surface area contributed by atoms with Gasteiger partial charge in [-0.15, -0.1) is 21.5 Å². The lowest BCUT2D eigenvalue weighted by Gasteiger charge is -2.07. The van der Waals surface area contributed by atoms with Crippen LogP contribution in [0.4, 0.5) is 10.1 Å². The zero-order chi connectivity index (χ0) is 21.8. The van der Waals surface area contributed by atoms with Crippen molar-refractivity contribution in [3.05, 3.63) is 40.2 Å². The van der Waals surface area contributed by atoms with Gasteiger partial charge < -0.3 is 14.5 Å². The second-order valence-corrected chi connectivity index (χ2v) is 9.73. The lowest BCUT2D eigenvalue weighted by atomic mass is 10.1. The Morgan fingerprint density at radius 2 is 2.10 bits per heavy atom. The van der Waals surface area contributed by atoms with E-state index in [1.54, 1.807) is 19.1 Å². The minimum absolute atomic E-state index is 0.0889. The van der Waals surface area contributed by atoms with Crippen molar-refractivity contribution in [1.29, 1.82) is 0 Å². The fourth-order valence-electron chi connectivity index (χ4n) is 3.09. The molecule has 1 aliphatic rings. The number of nitrogens with zero attached hydrogens (tertiary/aromatic N) is 2. The lowest BCUT2D eigenvalue weighted by Crippen LogP contribution is -2.16. The Morgan fingerprint density at radius 1 is 1.23 bits per heavy atom.